The number of nitrogens with zero attached hydrogens (tertiary/aromatic N) is 3. The second-order valence-electron chi connectivity index (χ2n) is 7.43. The molecule has 0 radical (unpaired) electrons. The predicted molar refractivity (Wildman–Crippen MR) is 124 cm³/mol. The highest BCUT2D eigenvalue weighted by atomic mass is 35.5. The summed E-state index contributed by atoms with van der Waals surface area (Å²) in [7, 11) is 0. The molecule has 0 N–H and O–H groups in total. The lowest BCUT2D eigenvalue weighted by atomic mass is 10.2. The number of thiazole rings is 1. The van der Waals surface area contributed by atoms with E-state index >= 15 is 0 Å². The number of hydrogen-bond acceptors (Lipinski definition) is 5. The van der Waals surface area contributed by atoms with Gasteiger partial charge in [-0.15, -0.1) is 0 Å². The number of ether oxygens (including phenoxy) is 1. The first-order valence-electron chi connectivity index (χ1n) is 10.4. The van der Waals surface area contributed by atoms with Gasteiger partial charge in [-0.05, 0) is 48.7 Å². The number of piperazine rings is 1. The third-order valence-electron chi connectivity index (χ3n) is 5.38. The molecule has 2 heterocycles. The minimum atomic E-state index is 0.204. The molecular formula is C23H26ClN3O2S. The number of carbonyl (C=O) groups excluding carboxylic acids is 1. The van der Waals surface area contributed by atoms with Crippen molar-refractivity contribution in [2.45, 2.75) is 26.2 Å². The number of anilines is 1. The molecule has 0 spiro atoms. The molecule has 0 bridgehead atoms. The van der Waals surface area contributed by atoms with Crippen LogP contribution in [0.3, 0.4) is 0 Å². The van der Waals surface area contributed by atoms with Gasteiger partial charge in [0.25, 0.3) is 0 Å². The van der Waals surface area contributed by atoms with Gasteiger partial charge in [0.1, 0.15) is 5.75 Å². The van der Waals surface area contributed by atoms with E-state index in [0.717, 1.165) is 65.1 Å². The number of amides is 1. The fourth-order valence-corrected chi connectivity index (χ4v) is 4.85. The first-order chi connectivity index (χ1) is 14.6. The van der Waals surface area contributed by atoms with Crippen LogP contribution >= 0.6 is 22.9 Å². The van der Waals surface area contributed by atoms with Crippen molar-refractivity contribution in [1.82, 2.24) is 9.88 Å². The fraction of sp³-hybridized carbons (Fsp3) is 0.391. The van der Waals surface area contributed by atoms with Crippen LogP contribution in [-0.2, 0) is 11.2 Å². The normalized spacial score (nSPS) is 14.3. The fourth-order valence-electron chi connectivity index (χ4n) is 3.56. The topological polar surface area (TPSA) is 45.7 Å². The summed E-state index contributed by atoms with van der Waals surface area (Å²) in [6.45, 7) is 5.77. The smallest absolute Gasteiger partial charge is 0.222 e. The van der Waals surface area contributed by atoms with Crippen molar-refractivity contribution < 1.29 is 9.53 Å². The van der Waals surface area contributed by atoms with E-state index in [9.17, 15) is 4.79 Å². The van der Waals surface area contributed by atoms with Gasteiger partial charge >= 0.3 is 0 Å². The molecule has 5 nitrogen and oxygen atoms in total. The molecule has 0 aliphatic carbocycles. The molecule has 3 aromatic rings. The standard InChI is InChI=1S/C23H26ClN3O2S/c1-2-17-5-8-19(9-6-17)29-15-3-4-22(28)26-11-13-27(14-12-26)23-25-20-10-7-18(24)16-21(20)30-23/h5-10,16H,2-4,11-15H2,1H3. The molecule has 1 saturated heterocycles. The van der Waals surface area contributed by atoms with Crippen molar-refractivity contribution >= 4 is 44.2 Å². The Morgan fingerprint density at radius 3 is 2.63 bits per heavy atom. The summed E-state index contributed by atoms with van der Waals surface area (Å²) in [5.74, 6) is 1.07. The molecule has 4 rings (SSSR count). The van der Waals surface area contributed by atoms with Gasteiger partial charge in [-0.2, -0.15) is 0 Å². The molecule has 7 heteroatoms. The van der Waals surface area contributed by atoms with Crippen molar-refractivity contribution in [3.05, 3.63) is 53.1 Å². The number of benzene rings is 2. The maximum absolute atomic E-state index is 12.5. The Hall–Kier alpha value is -2.31. The number of aromatic nitrogens is 1. The monoisotopic (exact) mass is 443 g/mol. The summed E-state index contributed by atoms with van der Waals surface area (Å²) in [4.78, 5) is 21.5. The van der Waals surface area contributed by atoms with Crippen molar-refractivity contribution in [3.8, 4) is 5.75 Å². The molecule has 0 unspecified atom stereocenters. The van der Waals surface area contributed by atoms with Gasteiger partial charge in [0.2, 0.25) is 5.91 Å². The Balaban J connectivity index is 1.20. The maximum Gasteiger partial charge on any atom is 0.222 e. The summed E-state index contributed by atoms with van der Waals surface area (Å²) in [6, 6.07) is 13.9. The van der Waals surface area contributed by atoms with Crippen LogP contribution in [0.15, 0.2) is 42.5 Å². The van der Waals surface area contributed by atoms with Gasteiger partial charge < -0.3 is 14.5 Å². The van der Waals surface area contributed by atoms with E-state index < -0.39 is 0 Å². The van der Waals surface area contributed by atoms with Crippen LogP contribution in [0.1, 0.15) is 25.3 Å². The number of halogens is 1. The minimum Gasteiger partial charge on any atom is -0.494 e. The Kier molecular flexibility index (Phi) is 6.75. The zero-order chi connectivity index (χ0) is 20.9. The molecular weight excluding hydrogens is 418 g/mol. The third-order valence-corrected chi connectivity index (χ3v) is 6.69. The zero-order valence-corrected chi connectivity index (χ0v) is 18.7. The number of carbonyl (C=O) groups is 1. The second-order valence-corrected chi connectivity index (χ2v) is 8.87. The quantitative estimate of drug-likeness (QED) is 0.481. The lowest BCUT2D eigenvalue weighted by Gasteiger charge is -2.34. The van der Waals surface area contributed by atoms with Gasteiger partial charge in [-0.25, -0.2) is 4.98 Å². The van der Waals surface area contributed by atoms with E-state index in [0.29, 0.717) is 13.0 Å². The van der Waals surface area contributed by atoms with Gasteiger partial charge in [0.15, 0.2) is 5.13 Å². The van der Waals surface area contributed by atoms with E-state index in [4.69, 9.17) is 21.3 Å². The number of rotatable bonds is 7. The average Bonchev–Trinajstić information content (AvgIpc) is 3.20. The van der Waals surface area contributed by atoms with Gasteiger partial charge in [0.05, 0.1) is 16.8 Å². The van der Waals surface area contributed by atoms with Crippen molar-refractivity contribution in [3.63, 3.8) is 0 Å². The van der Waals surface area contributed by atoms with E-state index in [1.54, 1.807) is 11.3 Å². The lowest BCUT2D eigenvalue weighted by Crippen LogP contribution is -2.48. The maximum atomic E-state index is 12.5. The van der Waals surface area contributed by atoms with Crippen LogP contribution < -0.4 is 9.64 Å². The first kappa shape index (κ1) is 20.9. The Bertz CT molecular complexity index is 997. The van der Waals surface area contributed by atoms with E-state index in [1.165, 1.54) is 5.56 Å². The summed E-state index contributed by atoms with van der Waals surface area (Å²) in [5.41, 5.74) is 2.27. The largest absolute Gasteiger partial charge is 0.494 e. The summed E-state index contributed by atoms with van der Waals surface area (Å²) >= 11 is 7.73. The van der Waals surface area contributed by atoms with Crippen LogP contribution in [0.25, 0.3) is 10.2 Å². The Morgan fingerprint density at radius 2 is 1.90 bits per heavy atom. The molecule has 0 atom stereocenters. The second kappa shape index (κ2) is 9.67. The van der Waals surface area contributed by atoms with E-state index in [-0.39, 0.29) is 5.91 Å². The van der Waals surface area contributed by atoms with Gasteiger partial charge in [-0.3, -0.25) is 4.79 Å². The molecule has 1 fully saturated rings. The van der Waals surface area contributed by atoms with E-state index in [1.807, 2.05) is 35.2 Å². The van der Waals surface area contributed by atoms with Crippen LogP contribution in [0.4, 0.5) is 5.13 Å². The molecule has 0 saturated carbocycles. The highest BCUT2D eigenvalue weighted by molar-refractivity contribution is 7.22. The summed E-state index contributed by atoms with van der Waals surface area (Å²) < 4.78 is 6.86. The molecule has 1 aromatic heterocycles. The zero-order valence-electron chi connectivity index (χ0n) is 17.1. The predicted octanol–water partition coefficient (Wildman–Crippen LogP) is 5.02. The Morgan fingerprint density at radius 1 is 1.13 bits per heavy atom. The third kappa shape index (κ3) is 5.05. The lowest BCUT2D eigenvalue weighted by molar-refractivity contribution is -0.131. The SMILES string of the molecule is CCc1ccc(OCCCC(=O)N2CCN(c3nc4ccc(Cl)cc4s3)CC2)cc1. The van der Waals surface area contributed by atoms with Crippen molar-refractivity contribution in [1.29, 1.82) is 0 Å². The number of hydrogen-bond donors (Lipinski definition) is 0. The average molecular weight is 444 g/mol. The van der Waals surface area contributed by atoms with Crippen LogP contribution in [0, 0.1) is 0 Å². The first-order valence-corrected chi connectivity index (χ1v) is 11.6. The van der Waals surface area contributed by atoms with Crippen LogP contribution in [0.2, 0.25) is 5.02 Å². The van der Waals surface area contributed by atoms with E-state index in [2.05, 4.69) is 24.0 Å². The summed E-state index contributed by atoms with van der Waals surface area (Å²) in [6.07, 6.45) is 2.27. The molecule has 1 aliphatic heterocycles. The molecule has 1 amide bonds. The number of aryl methyl sites for hydroxylation is 1. The highest BCUT2D eigenvalue weighted by Gasteiger charge is 2.22. The van der Waals surface area contributed by atoms with Crippen molar-refractivity contribution in [2.75, 3.05) is 37.7 Å². The minimum absolute atomic E-state index is 0.204. The molecule has 1 aliphatic rings. The molecule has 30 heavy (non-hydrogen) atoms. The molecule has 158 valence electrons. The van der Waals surface area contributed by atoms with Gasteiger partial charge in [-0.1, -0.05) is 42.0 Å². The van der Waals surface area contributed by atoms with Crippen LogP contribution in [0.5, 0.6) is 5.75 Å². The molecule has 2 aromatic carbocycles. The summed E-state index contributed by atoms with van der Waals surface area (Å²) in [5, 5.41) is 1.73. The van der Waals surface area contributed by atoms with Crippen molar-refractivity contribution in [2.24, 2.45) is 0 Å². The van der Waals surface area contributed by atoms with Crippen LogP contribution in [-0.4, -0.2) is 48.6 Å². The highest BCUT2D eigenvalue weighted by Crippen LogP contribution is 2.31. The Labute approximate surface area is 186 Å². The van der Waals surface area contributed by atoms with Gasteiger partial charge in [0, 0.05) is 37.6 Å². The number of fused-ring (bicyclic) bond motifs is 1.